The van der Waals surface area contributed by atoms with Crippen molar-refractivity contribution in [2.75, 3.05) is 5.75 Å². The second-order valence-corrected chi connectivity index (χ2v) is 5.97. The summed E-state index contributed by atoms with van der Waals surface area (Å²) in [6, 6.07) is 10.2. The van der Waals surface area contributed by atoms with Gasteiger partial charge in [0.15, 0.2) is 0 Å². The van der Waals surface area contributed by atoms with Crippen LogP contribution in [0.2, 0.25) is 5.02 Å². The van der Waals surface area contributed by atoms with Crippen molar-refractivity contribution in [1.82, 2.24) is 0 Å². The molecule has 3 heteroatoms. The van der Waals surface area contributed by atoms with Gasteiger partial charge >= 0.3 is 0 Å². The van der Waals surface area contributed by atoms with Gasteiger partial charge in [0, 0.05) is 10.8 Å². The summed E-state index contributed by atoms with van der Waals surface area (Å²) in [5, 5.41) is 9.64. The molecule has 0 aliphatic heterocycles. The van der Waals surface area contributed by atoms with Gasteiger partial charge in [-0.15, -0.1) is 0 Å². The Kier molecular flexibility index (Phi) is 5.18. The number of halogens is 1. The minimum Gasteiger partial charge on any atom is -0.198 e. The molecule has 1 rings (SSSR count). The zero-order valence-corrected chi connectivity index (χ0v) is 11.2. The van der Waals surface area contributed by atoms with E-state index >= 15 is 0 Å². The molecular weight excluding hydrogens is 238 g/mol. The number of nitrogens with zero attached hydrogens (tertiary/aromatic N) is 1. The molecule has 0 atom stereocenters. The first-order valence-corrected chi connectivity index (χ1v) is 6.80. The molecule has 16 heavy (non-hydrogen) atoms. The normalized spacial score (nSPS) is 11.1. The van der Waals surface area contributed by atoms with Crippen LogP contribution in [0, 0.1) is 16.7 Å². The van der Waals surface area contributed by atoms with Gasteiger partial charge in [-0.2, -0.15) is 17.0 Å². The molecule has 0 aliphatic carbocycles. The summed E-state index contributed by atoms with van der Waals surface area (Å²) in [5.41, 5.74) is 1.08. The molecule has 1 aromatic carbocycles. The SMILES string of the molecule is CC(C)(C#N)CCSCc1ccc(Cl)cc1. The molecular formula is C13H16ClNS. The first kappa shape index (κ1) is 13.4. The molecule has 0 saturated heterocycles. The van der Waals surface area contributed by atoms with Gasteiger partial charge in [0.05, 0.1) is 11.5 Å². The molecule has 86 valence electrons. The maximum Gasteiger partial charge on any atom is 0.0684 e. The highest BCUT2D eigenvalue weighted by Crippen LogP contribution is 2.23. The highest BCUT2D eigenvalue weighted by atomic mass is 35.5. The minimum absolute atomic E-state index is 0.201. The van der Waals surface area contributed by atoms with Crippen LogP contribution >= 0.6 is 23.4 Å². The van der Waals surface area contributed by atoms with Crippen LogP contribution in [0.25, 0.3) is 0 Å². The van der Waals surface area contributed by atoms with Gasteiger partial charge in [-0.3, -0.25) is 0 Å². The van der Waals surface area contributed by atoms with E-state index in [1.54, 1.807) is 0 Å². The Morgan fingerprint density at radius 3 is 2.50 bits per heavy atom. The summed E-state index contributed by atoms with van der Waals surface area (Å²) in [7, 11) is 0. The van der Waals surface area contributed by atoms with Crippen molar-refractivity contribution in [3.63, 3.8) is 0 Å². The summed E-state index contributed by atoms with van der Waals surface area (Å²) in [5.74, 6) is 2.00. The van der Waals surface area contributed by atoms with Crippen molar-refractivity contribution >= 4 is 23.4 Å². The number of thioether (sulfide) groups is 1. The van der Waals surface area contributed by atoms with Crippen molar-refractivity contribution in [3.8, 4) is 6.07 Å². The zero-order valence-electron chi connectivity index (χ0n) is 9.66. The van der Waals surface area contributed by atoms with E-state index in [9.17, 15) is 0 Å². The predicted octanol–water partition coefficient (Wildman–Crippen LogP) is 4.51. The fourth-order valence-electron chi connectivity index (χ4n) is 1.15. The smallest absolute Gasteiger partial charge is 0.0684 e. The van der Waals surface area contributed by atoms with Gasteiger partial charge in [0.2, 0.25) is 0 Å². The maximum absolute atomic E-state index is 8.87. The Bertz CT molecular complexity index is 365. The quantitative estimate of drug-likeness (QED) is 0.721. The van der Waals surface area contributed by atoms with Crippen LogP contribution in [-0.2, 0) is 5.75 Å². The van der Waals surface area contributed by atoms with E-state index in [4.69, 9.17) is 16.9 Å². The molecule has 0 aliphatic rings. The topological polar surface area (TPSA) is 23.8 Å². The average molecular weight is 254 g/mol. The third-order valence-electron chi connectivity index (χ3n) is 2.36. The number of hydrogen-bond donors (Lipinski definition) is 0. The van der Waals surface area contributed by atoms with E-state index in [1.807, 2.05) is 49.9 Å². The first-order chi connectivity index (χ1) is 7.53. The van der Waals surface area contributed by atoms with Crippen LogP contribution in [0.5, 0.6) is 0 Å². The molecule has 0 fully saturated rings. The highest BCUT2D eigenvalue weighted by molar-refractivity contribution is 7.98. The van der Waals surface area contributed by atoms with Crippen molar-refractivity contribution < 1.29 is 0 Å². The molecule has 0 spiro atoms. The molecule has 0 radical (unpaired) electrons. The van der Waals surface area contributed by atoms with Gasteiger partial charge < -0.3 is 0 Å². The Balaban J connectivity index is 2.27. The molecule has 0 heterocycles. The Morgan fingerprint density at radius 2 is 1.94 bits per heavy atom. The fourth-order valence-corrected chi connectivity index (χ4v) is 2.51. The lowest BCUT2D eigenvalue weighted by Gasteiger charge is -2.13. The van der Waals surface area contributed by atoms with Crippen molar-refractivity contribution in [2.24, 2.45) is 5.41 Å². The second-order valence-electron chi connectivity index (χ2n) is 4.42. The number of rotatable bonds is 5. The average Bonchev–Trinajstić information content (AvgIpc) is 2.27. The van der Waals surface area contributed by atoms with Gasteiger partial charge in [-0.1, -0.05) is 23.7 Å². The molecule has 0 bridgehead atoms. The molecule has 0 amide bonds. The Hall–Kier alpha value is -0.650. The second kappa shape index (κ2) is 6.18. The van der Waals surface area contributed by atoms with E-state index in [-0.39, 0.29) is 5.41 Å². The van der Waals surface area contributed by atoms with Crippen molar-refractivity contribution in [1.29, 1.82) is 5.26 Å². The summed E-state index contributed by atoms with van der Waals surface area (Å²) in [6.45, 7) is 3.96. The lowest BCUT2D eigenvalue weighted by Crippen LogP contribution is -2.08. The summed E-state index contributed by atoms with van der Waals surface area (Å²) in [4.78, 5) is 0. The van der Waals surface area contributed by atoms with Crippen LogP contribution in [0.1, 0.15) is 25.8 Å². The van der Waals surface area contributed by atoms with Crippen LogP contribution in [0.4, 0.5) is 0 Å². The van der Waals surface area contributed by atoms with Crippen molar-refractivity contribution in [3.05, 3.63) is 34.9 Å². The minimum atomic E-state index is -0.201. The van der Waals surface area contributed by atoms with Crippen molar-refractivity contribution in [2.45, 2.75) is 26.0 Å². The fraction of sp³-hybridized carbons (Fsp3) is 0.462. The monoisotopic (exact) mass is 253 g/mol. The van der Waals surface area contributed by atoms with Crippen LogP contribution < -0.4 is 0 Å². The van der Waals surface area contributed by atoms with E-state index in [1.165, 1.54) is 5.56 Å². The standard InChI is InChI=1S/C13H16ClNS/c1-13(2,10-15)7-8-16-9-11-3-5-12(14)6-4-11/h3-6H,7-9H2,1-2H3. The number of nitriles is 1. The van der Waals surface area contributed by atoms with Crippen LogP contribution in [0.3, 0.4) is 0 Å². The maximum atomic E-state index is 8.87. The Morgan fingerprint density at radius 1 is 1.31 bits per heavy atom. The van der Waals surface area contributed by atoms with Crippen LogP contribution in [-0.4, -0.2) is 5.75 Å². The zero-order chi connectivity index (χ0) is 12.0. The van der Waals surface area contributed by atoms with Crippen LogP contribution in [0.15, 0.2) is 24.3 Å². The molecule has 0 N–H and O–H groups in total. The van der Waals surface area contributed by atoms with Gasteiger partial charge in [0.25, 0.3) is 0 Å². The largest absolute Gasteiger partial charge is 0.198 e. The van der Waals surface area contributed by atoms with Gasteiger partial charge in [-0.25, -0.2) is 0 Å². The van der Waals surface area contributed by atoms with Gasteiger partial charge in [-0.05, 0) is 43.7 Å². The summed E-state index contributed by atoms with van der Waals surface area (Å²) >= 11 is 7.67. The van der Waals surface area contributed by atoms with Gasteiger partial charge in [0.1, 0.15) is 0 Å². The van der Waals surface area contributed by atoms with E-state index < -0.39 is 0 Å². The summed E-state index contributed by atoms with van der Waals surface area (Å²) in [6.07, 6.45) is 0.932. The lowest BCUT2D eigenvalue weighted by molar-refractivity contribution is 0.482. The van der Waals surface area contributed by atoms with E-state index in [0.717, 1.165) is 22.9 Å². The molecule has 0 saturated carbocycles. The predicted molar refractivity (Wildman–Crippen MR) is 71.6 cm³/mol. The molecule has 1 aromatic rings. The van der Waals surface area contributed by atoms with E-state index in [0.29, 0.717) is 0 Å². The summed E-state index contributed by atoms with van der Waals surface area (Å²) < 4.78 is 0. The molecule has 0 unspecified atom stereocenters. The Labute approximate surface area is 107 Å². The van der Waals surface area contributed by atoms with E-state index in [2.05, 4.69) is 6.07 Å². The number of hydrogen-bond acceptors (Lipinski definition) is 2. The first-order valence-electron chi connectivity index (χ1n) is 5.27. The third-order valence-corrected chi connectivity index (χ3v) is 3.64. The molecule has 1 nitrogen and oxygen atoms in total. The number of benzene rings is 1. The third kappa shape index (κ3) is 4.92. The molecule has 0 aromatic heterocycles. The highest BCUT2D eigenvalue weighted by Gasteiger charge is 2.15. The lowest BCUT2D eigenvalue weighted by atomic mass is 9.93.